The monoisotopic (exact) mass is 823 g/mol. The van der Waals surface area contributed by atoms with E-state index in [0.29, 0.717) is 12.4 Å². The maximum atomic E-state index is 13.6. The number of nitrogens with zero attached hydrogens (tertiary/aromatic N) is 5. The molecule has 1 saturated heterocycles. The summed E-state index contributed by atoms with van der Waals surface area (Å²) in [6, 6.07) is 14.3. The van der Waals surface area contributed by atoms with Crippen LogP contribution >= 0.6 is 0 Å². The lowest BCUT2D eigenvalue weighted by Gasteiger charge is -2.29. The lowest BCUT2D eigenvalue weighted by Crippen LogP contribution is -2.49. The molecular formula is C43H53N9O8. The quantitative estimate of drug-likeness (QED) is 0.0664. The number of hydrogen-bond acceptors (Lipinski definition) is 11. The number of H-pyrrole nitrogens is 2. The molecule has 1 unspecified atom stereocenters. The molecule has 0 radical (unpaired) electrons. The van der Waals surface area contributed by atoms with Crippen LogP contribution in [-0.2, 0) is 25.5 Å². The number of hydrogen-bond donors (Lipinski definition) is 5. The van der Waals surface area contributed by atoms with Crippen molar-refractivity contribution in [3.05, 3.63) is 96.4 Å². The highest BCUT2D eigenvalue weighted by molar-refractivity contribution is 5.87. The van der Waals surface area contributed by atoms with E-state index in [9.17, 15) is 24.3 Å². The Labute approximate surface area is 349 Å². The van der Waals surface area contributed by atoms with Gasteiger partial charge in [-0.1, -0.05) is 42.2 Å². The molecule has 3 heterocycles. The molecule has 17 heteroatoms. The number of carbonyl (C=O) groups excluding carboxylic acids is 4. The van der Waals surface area contributed by atoms with Gasteiger partial charge in [0.25, 0.3) is 0 Å². The van der Waals surface area contributed by atoms with Crippen molar-refractivity contribution in [1.82, 2.24) is 45.3 Å². The van der Waals surface area contributed by atoms with E-state index in [1.165, 1.54) is 30.1 Å². The number of benzene rings is 2. The zero-order chi connectivity index (χ0) is 43.4. The SMILES string of the molecule is C=C[C@H](NC(=O)OC)C(=O)N(CCN(C)C(=O)OC(C)(C)C)Cc1ncc(-c2ccc(C#Cc3ccc(-c4cnc([C@@H]5CCCN5C(O)CNC(=O)OC)[nH]4)cc3)cc2)[nH]1. The number of aromatic amines is 2. The van der Waals surface area contributed by atoms with Crippen molar-refractivity contribution >= 4 is 24.2 Å². The first-order valence-electron chi connectivity index (χ1n) is 19.4. The van der Waals surface area contributed by atoms with E-state index in [1.807, 2.05) is 53.4 Å². The van der Waals surface area contributed by atoms with Gasteiger partial charge in [-0.2, -0.15) is 0 Å². The molecule has 2 aromatic carbocycles. The van der Waals surface area contributed by atoms with Crippen molar-refractivity contribution in [1.29, 1.82) is 0 Å². The largest absolute Gasteiger partial charge is 0.453 e. The summed E-state index contributed by atoms with van der Waals surface area (Å²) in [6.07, 6.45) is 3.71. The number of aromatic nitrogens is 4. The van der Waals surface area contributed by atoms with Crippen molar-refractivity contribution < 1.29 is 38.5 Å². The number of amides is 4. The average molecular weight is 824 g/mol. The van der Waals surface area contributed by atoms with E-state index in [1.54, 1.807) is 40.2 Å². The highest BCUT2D eigenvalue weighted by Crippen LogP contribution is 2.32. The predicted molar refractivity (Wildman–Crippen MR) is 223 cm³/mol. The number of likely N-dealkylation sites (N-methyl/N-ethyl adjacent to an activating group) is 1. The first-order valence-corrected chi connectivity index (χ1v) is 19.4. The molecule has 3 atom stereocenters. The van der Waals surface area contributed by atoms with Gasteiger partial charge in [0.1, 0.15) is 29.5 Å². The van der Waals surface area contributed by atoms with Crippen LogP contribution in [0.4, 0.5) is 14.4 Å². The van der Waals surface area contributed by atoms with Crippen molar-refractivity contribution in [3.8, 4) is 34.4 Å². The lowest BCUT2D eigenvalue weighted by molar-refractivity contribution is -0.133. The summed E-state index contributed by atoms with van der Waals surface area (Å²) in [7, 11) is 4.06. The number of nitrogens with one attached hydrogen (secondary N) is 4. The molecule has 60 heavy (non-hydrogen) atoms. The van der Waals surface area contributed by atoms with Gasteiger partial charge in [0.05, 0.1) is 57.1 Å². The average Bonchev–Trinajstić information content (AvgIpc) is 4.04. The van der Waals surface area contributed by atoms with Crippen LogP contribution in [0.3, 0.4) is 0 Å². The zero-order valence-corrected chi connectivity index (χ0v) is 34.8. The van der Waals surface area contributed by atoms with Gasteiger partial charge in [-0.3, -0.25) is 9.69 Å². The predicted octanol–water partition coefficient (Wildman–Crippen LogP) is 4.78. The fraction of sp³-hybridized carbons (Fsp3) is 0.395. The fourth-order valence-corrected chi connectivity index (χ4v) is 6.41. The van der Waals surface area contributed by atoms with Crippen molar-refractivity contribution in [3.63, 3.8) is 0 Å². The minimum absolute atomic E-state index is 0.0518. The summed E-state index contributed by atoms with van der Waals surface area (Å²) < 4.78 is 14.7. The first kappa shape index (κ1) is 44.5. The Morgan fingerprint density at radius 1 is 0.950 bits per heavy atom. The molecule has 5 N–H and O–H groups in total. The van der Waals surface area contributed by atoms with E-state index < -0.39 is 42.1 Å². The van der Waals surface area contributed by atoms with Crippen LogP contribution in [0, 0.1) is 11.8 Å². The first-order chi connectivity index (χ1) is 28.7. The number of aliphatic hydroxyl groups excluding tert-OH is 1. The summed E-state index contributed by atoms with van der Waals surface area (Å²) in [5.74, 6) is 7.20. The Balaban J connectivity index is 1.21. The van der Waals surface area contributed by atoms with Crippen LogP contribution in [0.25, 0.3) is 22.5 Å². The third-order valence-corrected chi connectivity index (χ3v) is 9.60. The van der Waals surface area contributed by atoms with E-state index in [4.69, 9.17) is 4.74 Å². The lowest BCUT2D eigenvalue weighted by atomic mass is 10.1. The second-order valence-electron chi connectivity index (χ2n) is 15.1. The molecule has 1 fully saturated rings. The molecule has 1 aliphatic heterocycles. The van der Waals surface area contributed by atoms with Gasteiger partial charge >= 0.3 is 18.3 Å². The highest BCUT2D eigenvalue weighted by atomic mass is 16.6. The normalized spacial score (nSPS) is 14.8. The number of imidazole rings is 2. The number of methoxy groups -OCH3 is 2. The van der Waals surface area contributed by atoms with E-state index in [0.717, 1.165) is 52.3 Å². The van der Waals surface area contributed by atoms with Crippen LogP contribution in [0.1, 0.15) is 62.4 Å². The number of carbonyl (C=O) groups is 4. The van der Waals surface area contributed by atoms with Gasteiger partial charge < -0.3 is 49.7 Å². The summed E-state index contributed by atoms with van der Waals surface area (Å²) in [5, 5.41) is 15.7. The topological polar surface area (TPSA) is 207 Å². The standard InChI is InChI=1S/C43H53N9O8/c1-8-32(49-41(56)59-7)39(54)51(23-22-50(5)42(57)60-43(2,3)4)27-36-44-24-33(47-36)30-17-13-28(14-18-30)11-12-29-15-19-31(20-16-29)34-25-45-38(48-34)35-10-9-21-52(35)37(53)26-46-40(55)58-6/h8,13-20,24-25,32,35,37,53H,1,9-10,21-23,26-27H2,2-7H3,(H,44,47)(H,45,48)(H,46,55)(H,49,56)/t32-,35-,37?/m0/s1. The van der Waals surface area contributed by atoms with Gasteiger partial charge in [-0.25, -0.2) is 24.4 Å². The van der Waals surface area contributed by atoms with Gasteiger partial charge in [0, 0.05) is 37.8 Å². The number of alkyl carbamates (subject to hydrolysis) is 2. The van der Waals surface area contributed by atoms with Crippen LogP contribution in [0.5, 0.6) is 0 Å². The second-order valence-corrected chi connectivity index (χ2v) is 15.1. The van der Waals surface area contributed by atoms with Crippen molar-refractivity contribution in [2.24, 2.45) is 0 Å². The van der Waals surface area contributed by atoms with E-state index in [2.05, 4.69) is 58.5 Å². The smallest absolute Gasteiger partial charge is 0.410 e. The van der Waals surface area contributed by atoms with Crippen LogP contribution in [0.2, 0.25) is 0 Å². The van der Waals surface area contributed by atoms with Crippen molar-refractivity contribution in [2.75, 3.05) is 47.4 Å². The number of rotatable bonds is 14. The molecule has 0 spiro atoms. The number of likely N-dealkylation sites (tertiary alicyclic amines) is 1. The van der Waals surface area contributed by atoms with Crippen LogP contribution in [-0.4, -0.2) is 129 Å². The van der Waals surface area contributed by atoms with Gasteiger partial charge in [0.2, 0.25) is 5.91 Å². The number of ether oxygens (including phenoxy) is 3. The minimum Gasteiger partial charge on any atom is -0.453 e. The molecule has 0 saturated carbocycles. The van der Waals surface area contributed by atoms with E-state index >= 15 is 0 Å². The molecule has 318 valence electrons. The Hall–Kier alpha value is -6.64. The molecule has 17 nitrogen and oxygen atoms in total. The van der Waals surface area contributed by atoms with Gasteiger partial charge in [-0.05, 0) is 69.0 Å². The van der Waals surface area contributed by atoms with Crippen LogP contribution < -0.4 is 10.6 Å². The third-order valence-electron chi connectivity index (χ3n) is 9.60. The summed E-state index contributed by atoms with van der Waals surface area (Å²) in [4.78, 5) is 70.1. The van der Waals surface area contributed by atoms with Gasteiger partial charge in [0.15, 0.2) is 0 Å². The summed E-state index contributed by atoms with van der Waals surface area (Å²) in [6.45, 7) is 10.1. The second kappa shape index (κ2) is 20.4. The van der Waals surface area contributed by atoms with E-state index in [-0.39, 0.29) is 32.2 Å². The minimum atomic E-state index is -1.07. The molecule has 0 bridgehead atoms. The third kappa shape index (κ3) is 12.2. The molecule has 2 aromatic heterocycles. The molecule has 0 aliphatic carbocycles. The maximum Gasteiger partial charge on any atom is 0.410 e. The Morgan fingerprint density at radius 2 is 1.55 bits per heavy atom. The molecule has 4 aromatic rings. The summed E-state index contributed by atoms with van der Waals surface area (Å²) in [5.41, 5.74) is 4.33. The van der Waals surface area contributed by atoms with Gasteiger partial charge in [-0.15, -0.1) is 6.58 Å². The van der Waals surface area contributed by atoms with Crippen LogP contribution in [0.15, 0.2) is 73.6 Å². The summed E-state index contributed by atoms with van der Waals surface area (Å²) >= 11 is 0. The molecular weight excluding hydrogens is 771 g/mol. The Morgan fingerprint density at radius 3 is 2.13 bits per heavy atom. The fourth-order valence-electron chi connectivity index (χ4n) is 6.41. The van der Waals surface area contributed by atoms with Crippen molar-refractivity contribution in [2.45, 2.75) is 64.1 Å². The highest BCUT2D eigenvalue weighted by Gasteiger charge is 2.33. The molecule has 5 rings (SSSR count). The number of aliphatic hydroxyl groups is 1. The zero-order valence-electron chi connectivity index (χ0n) is 34.8. The maximum absolute atomic E-state index is 13.6. The Bertz CT molecular complexity index is 2170. The molecule has 4 amide bonds. The Kier molecular flexibility index (Phi) is 15.1. The molecule has 1 aliphatic rings.